The monoisotopic (exact) mass is 293 g/mol. The molecule has 0 saturated heterocycles. The SMILES string of the molecule is CCOc1ccc(CCC(=O)N(CC)CC)cc1OCC. The van der Waals surface area contributed by atoms with Crippen molar-refractivity contribution in [1.29, 1.82) is 0 Å². The van der Waals surface area contributed by atoms with Gasteiger partial charge in [0.05, 0.1) is 13.2 Å². The largest absolute Gasteiger partial charge is 0.490 e. The number of nitrogens with zero attached hydrogens (tertiary/aromatic N) is 1. The van der Waals surface area contributed by atoms with Crippen LogP contribution in [0.25, 0.3) is 0 Å². The molecule has 21 heavy (non-hydrogen) atoms. The maximum Gasteiger partial charge on any atom is 0.222 e. The third-order valence-corrected chi connectivity index (χ3v) is 3.35. The molecule has 1 rings (SSSR count). The molecular formula is C17H27NO3. The van der Waals surface area contributed by atoms with Gasteiger partial charge in [-0.05, 0) is 51.8 Å². The normalized spacial score (nSPS) is 10.3. The average Bonchev–Trinajstić information content (AvgIpc) is 2.49. The van der Waals surface area contributed by atoms with Crippen molar-refractivity contribution in [1.82, 2.24) is 4.90 Å². The van der Waals surface area contributed by atoms with Crippen LogP contribution in [0.2, 0.25) is 0 Å². The average molecular weight is 293 g/mol. The highest BCUT2D eigenvalue weighted by atomic mass is 16.5. The van der Waals surface area contributed by atoms with E-state index in [-0.39, 0.29) is 5.91 Å². The molecule has 0 saturated carbocycles. The summed E-state index contributed by atoms with van der Waals surface area (Å²) in [5.41, 5.74) is 1.10. The number of amides is 1. The predicted molar refractivity (Wildman–Crippen MR) is 85.0 cm³/mol. The van der Waals surface area contributed by atoms with Gasteiger partial charge in [0.2, 0.25) is 5.91 Å². The van der Waals surface area contributed by atoms with Crippen molar-refractivity contribution in [3.05, 3.63) is 23.8 Å². The Kier molecular flexibility index (Phi) is 7.65. The quantitative estimate of drug-likeness (QED) is 0.701. The second-order valence-corrected chi connectivity index (χ2v) is 4.71. The van der Waals surface area contributed by atoms with Gasteiger partial charge in [-0.1, -0.05) is 6.07 Å². The van der Waals surface area contributed by atoms with Crippen LogP contribution in [0.1, 0.15) is 39.7 Å². The zero-order valence-corrected chi connectivity index (χ0v) is 13.6. The number of benzene rings is 1. The molecule has 118 valence electrons. The Balaban J connectivity index is 2.71. The molecule has 0 aliphatic heterocycles. The fourth-order valence-corrected chi connectivity index (χ4v) is 2.24. The van der Waals surface area contributed by atoms with E-state index < -0.39 is 0 Å². The molecule has 0 spiro atoms. The minimum Gasteiger partial charge on any atom is -0.490 e. The van der Waals surface area contributed by atoms with Crippen molar-refractivity contribution in [2.45, 2.75) is 40.5 Å². The summed E-state index contributed by atoms with van der Waals surface area (Å²) >= 11 is 0. The summed E-state index contributed by atoms with van der Waals surface area (Å²) in [6, 6.07) is 5.90. The molecule has 0 radical (unpaired) electrons. The smallest absolute Gasteiger partial charge is 0.222 e. The molecule has 4 nitrogen and oxygen atoms in total. The molecule has 1 aromatic rings. The zero-order valence-electron chi connectivity index (χ0n) is 13.6. The van der Waals surface area contributed by atoms with Crippen LogP contribution in [0.3, 0.4) is 0 Å². The van der Waals surface area contributed by atoms with Gasteiger partial charge >= 0.3 is 0 Å². The molecule has 0 aromatic heterocycles. The Labute approximate surface area is 128 Å². The van der Waals surface area contributed by atoms with Gasteiger partial charge in [0.1, 0.15) is 0 Å². The van der Waals surface area contributed by atoms with Crippen molar-refractivity contribution in [3.8, 4) is 11.5 Å². The summed E-state index contributed by atoms with van der Waals surface area (Å²) in [6.45, 7) is 10.7. The molecule has 1 aromatic carbocycles. The van der Waals surface area contributed by atoms with E-state index in [2.05, 4.69) is 0 Å². The number of rotatable bonds is 9. The molecule has 1 amide bonds. The summed E-state index contributed by atoms with van der Waals surface area (Å²) in [7, 11) is 0. The summed E-state index contributed by atoms with van der Waals surface area (Å²) < 4.78 is 11.1. The fourth-order valence-electron chi connectivity index (χ4n) is 2.24. The summed E-state index contributed by atoms with van der Waals surface area (Å²) in [5.74, 6) is 1.72. The summed E-state index contributed by atoms with van der Waals surface area (Å²) in [4.78, 5) is 13.9. The lowest BCUT2D eigenvalue weighted by Gasteiger charge is -2.18. The van der Waals surface area contributed by atoms with Crippen LogP contribution in [-0.2, 0) is 11.2 Å². The highest BCUT2D eigenvalue weighted by Crippen LogP contribution is 2.29. The number of hydrogen-bond acceptors (Lipinski definition) is 3. The third kappa shape index (κ3) is 5.29. The fraction of sp³-hybridized carbons (Fsp3) is 0.588. The van der Waals surface area contributed by atoms with Crippen LogP contribution >= 0.6 is 0 Å². The maximum absolute atomic E-state index is 12.0. The Morgan fingerprint density at radius 3 is 2.19 bits per heavy atom. The molecule has 0 bridgehead atoms. The number of aryl methyl sites for hydroxylation is 1. The van der Waals surface area contributed by atoms with Crippen LogP contribution in [0.4, 0.5) is 0 Å². The molecule has 0 heterocycles. The predicted octanol–water partition coefficient (Wildman–Crippen LogP) is 3.29. The molecule has 0 aliphatic rings. The first-order valence-corrected chi connectivity index (χ1v) is 7.82. The zero-order chi connectivity index (χ0) is 15.7. The van der Waals surface area contributed by atoms with E-state index in [1.54, 1.807) is 0 Å². The molecule has 0 fully saturated rings. The number of ether oxygens (including phenoxy) is 2. The Bertz CT molecular complexity index is 442. The van der Waals surface area contributed by atoms with Crippen molar-refractivity contribution in [2.24, 2.45) is 0 Å². The van der Waals surface area contributed by atoms with E-state index in [9.17, 15) is 4.79 Å². The van der Waals surface area contributed by atoms with Crippen molar-refractivity contribution in [3.63, 3.8) is 0 Å². The Hall–Kier alpha value is -1.71. The molecular weight excluding hydrogens is 266 g/mol. The van der Waals surface area contributed by atoms with E-state index in [4.69, 9.17) is 9.47 Å². The van der Waals surface area contributed by atoms with Crippen LogP contribution in [-0.4, -0.2) is 37.1 Å². The van der Waals surface area contributed by atoms with Gasteiger partial charge in [-0.25, -0.2) is 0 Å². The topological polar surface area (TPSA) is 38.8 Å². The number of carbonyl (C=O) groups is 1. The number of hydrogen-bond donors (Lipinski definition) is 0. The lowest BCUT2D eigenvalue weighted by atomic mass is 10.1. The Morgan fingerprint density at radius 2 is 1.62 bits per heavy atom. The van der Waals surface area contributed by atoms with E-state index in [1.165, 1.54) is 0 Å². The second-order valence-electron chi connectivity index (χ2n) is 4.71. The van der Waals surface area contributed by atoms with Gasteiger partial charge in [0, 0.05) is 19.5 Å². The van der Waals surface area contributed by atoms with Crippen molar-refractivity contribution < 1.29 is 14.3 Å². The van der Waals surface area contributed by atoms with E-state index >= 15 is 0 Å². The first-order valence-electron chi connectivity index (χ1n) is 7.82. The van der Waals surface area contributed by atoms with Crippen LogP contribution in [0.15, 0.2) is 18.2 Å². The standard InChI is InChI=1S/C17H27NO3/c1-5-18(6-2)17(19)12-10-14-9-11-15(20-7-3)16(13-14)21-8-4/h9,11,13H,5-8,10,12H2,1-4H3. The van der Waals surface area contributed by atoms with Gasteiger partial charge < -0.3 is 14.4 Å². The summed E-state index contributed by atoms with van der Waals surface area (Å²) in [5, 5.41) is 0. The van der Waals surface area contributed by atoms with Crippen LogP contribution in [0, 0.1) is 0 Å². The van der Waals surface area contributed by atoms with Gasteiger partial charge in [0.25, 0.3) is 0 Å². The van der Waals surface area contributed by atoms with E-state index in [0.29, 0.717) is 19.6 Å². The van der Waals surface area contributed by atoms with Crippen molar-refractivity contribution >= 4 is 5.91 Å². The summed E-state index contributed by atoms with van der Waals surface area (Å²) in [6.07, 6.45) is 1.25. The lowest BCUT2D eigenvalue weighted by Crippen LogP contribution is -2.30. The van der Waals surface area contributed by atoms with Gasteiger partial charge in [0.15, 0.2) is 11.5 Å². The number of carbonyl (C=O) groups excluding carboxylic acids is 1. The van der Waals surface area contributed by atoms with Crippen molar-refractivity contribution in [2.75, 3.05) is 26.3 Å². The highest BCUT2D eigenvalue weighted by molar-refractivity contribution is 5.76. The second kappa shape index (κ2) is 9.27. The lowest BCUT2D eigenvalue weighted by molar-refractivity contribution is -0.130. The van der Waals surface area contributed by atoms with Gasteiger partial charge in [-0.3, -0.25) is 4.79 Å². The highest BCUT2D eigenvalue weighted by Gasteiger charge is 2.11. The van der Waals surface area contributed by atoms with E-state index in [0.717, 1.165) is 36.6 Å². The molecule has 0 N–H and O–H groups in total. The van der Waals surface area contributed by atoms with Crippen LogP contribution < -0.4 is 9.47 Å². The first kappa shape index (κ1) is 17.3. The molecule has 0 aliphatic carbocycles. The minimum absolute atomic E-state index is 0.201. The third-order valence-electron chi connectivity index (χ3n) is 3.35. The molecule has 0 atom stereocenters. The van der Waals surface area contributed by atoms with Crippen LogP contribution in [0.5, 0.6) is 11.5 Å². The minimum atomic E-state index is 0.201. The molecule has 4 heteroatoms. The molecule has 0 unspecified atom stereocenters. The maximum atomic E-state index is 12.0. The first-order chi connectivity index (χ1) is 10.2. The van der Waals surface area contributed by atoms with E-state index in [1.807, 2.05) is 50.8 Å². The van der Waals surface area contributed by atoms with Gasteiger partial charge in [-0.15, -0.1) is 0 Å². The Morgan fingerprint density at radius 1 is 1.00 bits per heavy atom. The van der Waals surface area contributed by atoms with Gasteiger partial charge in [-0.2, -0.15) is 0 Å².